The zero-order chi connectivity index (χ0) is 20.8. The van der Waals surface area contributed by atoms with Gasteiger partial charge in [-0.25, -0.2) is 4.98 Å². The van der Waals surface area contributed by atoms with E-state index in [4.69, 9.17) is 4.98 Å². The molecule has 2 aromatic rings. The van der Waals surface area contributed by atoms with E-state index in [1.165, 1.54) is 11.3 Å². The van der Waals surface area contributed by atoms with Crippen LogP contribution in [-0.2, 0) is 30.3 Å². The van der Waals surface area contributed by atoms with Gasteiger partial charge in [0.1, 0.15) is 5.82 Å². The second kappa shape index (κ2) is 7.24. The number of aromatic amines is 1. The van der Waals surface area contributed by atoms with E-state index in [1.54, 1.807) is 0 Å². The Balaban J connectivity index is 1.51. The Labute approximate surface area is 173 Å². The molecule has 6 heteroatoms. The molecular weight excluding hydrogens is 362 g/mol. The van der Waals surface area contributed by atoms with Crippen LogP contribution in [0.25, 0.3) is 0 Å². The predicted octanol–water partition coefficient (Wildman–Crippen LogP) is 3.24. The van der Waals surface area contributed by atoms with Crippen molar-refractivity contribution < 1.29 is 0 Å². The van der Waals surface area contributed by atoms with Gasteiger partial charge in [0.2, 0.25) is 0 Å². The van der Waals surface area contributed by atoms with E-state index < -0.39 is 0 Å². The molecule has 4 rings (SSSR count). The zero-order valence-electron chi connectivity index (χ0n) is 18.2. The summed E-state index contributed by atoms with van der Waals surface area (Å²) in [6.07, 6.45) is 7.92. The van der Waals surface area contributed by atoms with Gasteiger partial charge in [-0.15, -0.1) is 6.58 Å². The van der Waals surface area contributed by atoms with Crippen LogP contribution in [0, 0.1) is 6.92 Å². The lowest BCUT2D eigenvalue weighted by Gasteiger charge is -2.39. The van der Waals surface area contributed by atoms with Crippen molar-refractivity contribution in [1.82, 2.24) is 24.6 Å². The van der Waals surface area contributed by atoms with Gasteiger partial charge in [-0.2, -0.15) is 5.10 Å². The highest BCUT2D eigenvalue weighted by molar-refractivity contribution is 5.34. The highest BCUT2D eigenvalue weighted by atomic mass is 16.1. The summed E-state index contributed by atoms with van der Waals surface area (Å²) < 4.78 is 2.01. The van der Waals surface area contributed by atoms with Crippen molar-refractivity contribution in [3.63, 3.8) is 0 Å². The molecule has 0 bridgehead atoms. The van der Waals surface area contributed by atoms with Gasteiger partial charge >= 0.3 is 0 Å². The van der Waals surface area contributed by atoms with Crippen LogP contribution in [-0.4, -0.2) is 37.7 Å². The first-order chi connectivity index (χ1) is 13.7. The molecule has 2 aromatic heterocycles. The lowest BCUT2D eigenvalue weighted by atomic mass is 9.76. The predicted molar refractivity (Wildman–Crippen MR) is 115 cm³/mol. The largest absolute Gasteiger partial charge is 0.310 e. The minimum Gasteiger partial charge on any atom is -0.310 e. The van der Waals surface area contributed by atoms with Gasteiger partial charge in [-0.05, 0) is 45.7 Å². The summed E-state index contributed by atoms with van der Waals surface area (Å²) in [4.78, 5) is 23.2. The molecule has 0 unspecified atom stereocenters. The third-order valence-electron chi connectivity index (χ3n) is 6.80. The maximum absolute atomic E-state index is 12.7. The van der Waals surface area contributed by atoms with Crippen LogP contribution in [0.2, 0.25) is 0 Å². The summed E-state index contributed by atoms with van der Waals surface area (Å²) in [5, 5.41) is 4.48. The summed E-state index contributed by atoms with van der Waals surface area (Å²) >= 11 is 0. The number of H-pyrrole nitrogens is 1. The van der Waals surface area contributed by atoms with E-state index >= 15 is 0 Å². The summed E-state index contributed by atoms with van der Waals surface area (Å²) in [6.45, 7) is 16.0. The number of allylic oxidation sites excluding steroid dienone is 1. The average Bonchev–Trinajstić information content (AvgIpc) is 3.19. The fourth-order valence-electron chi connectivity index (χ4n) is 4.82. The first kappa shape index (κ1) is 20.1. The molecule has 156 valence electrons. The number of likely N-dealkylation sites (tertiary alicyclic amines) is 1. The third-order valence-corrected chi connectivity index (χ3v) is 6.80. The van der Waals surface area contributed by atoms with Gasteiger partial charge in [-0.1, -0.05) is 26.8 Å². The Morgan fingerprint density at radius 3 is 2.66 bits per heavy atom. The van der Waals surface area contributed by atoms with Crippen molar-refractivity contribution >= 4 is 0 Å². The minimum atomic E-state index is -0.151. The molecule has 0 aromatic carbocycles. The first-order valence-corrected chi connectivity index (χ1v) is 10.7. The molecular formula is C23H33N5O. The lowest BCUT2D eigenvalue weighted by Crippen LogP contribution is -2.42. The Morgan fingerprint density at radius 2 is 2.00 bits per heavy atom. The highest BCUT2D eigenvalue weighted by Crippen LogP contribution is 2.44. The van der Waals surface area contributed by atoms with E-state index in [2.05, 4.69) is 49.3 Å². The van der Waals surface area contributed by atoms with Gasteiger partial charge < -0.3 is 4.98 Å². The van der Waals surface area contributed by atoms with Crippen LogP contribution >= 0.6 is 0 Å². The number of fused-ring (bicyclic) bond motifs is 2. The number of nitrogens with zero attached hydrogens (tertiary/aromatic N) is 4. The van der Waals surface area contributed by atoms with Gasteiger partial charge in [0.05, 0.1) is 18.4 Å². The molecule has 29 heavy (non-hydrogen) atoms. The van der Waals surface area contributed by atoms with Crippen LogP contribution in [0.5, 0.6) is 0 Å². The van der Waals surface area contributed by atoms with Gasteiger partial charge in [0.15, 0.2) is 0 Å². The van der Waals surface area contributed by atoms with E-state index in [1.807, 2.05) is 17.0 Å². The molecule has 0 amide bonds. The second-order valence-electron chi connectivity index (χ2n) is 9.77. The van der Waals surface area contributed by atoms with Crippen LogP contribution in [0.15, 0.2) is 23.6 Å². The van der Waals surface area contributed by atoms with Crippen LogP contribution < -0.4 is 5.56 Å². The van der Waals surface area contributed by atoms with E-state index in [-0.39, 0.29) is 16.4 Å². The number of rotatable bonds is 4. The van der Waals surface area contributed by atoms with E-state index in [0.29, 0.717) is 0 Å². The fraction of sp³-hybridized carbons (Fsp3) is 0.609. The third kappa shape index (κ3) is 3.59. The number of piperidine rings is 1. The molecule has 1 fully saturated rings. The summed E-state index contributed by atoms with van der Waals surface area (Å²) in [5.41, 5.74) is 4.51. The summed E-state index contributed by atoms with van der Waals surface area (Å²) in [6, 6.07) is 0. The average molecular weight is 396 g/mol. The van der Waals surface area contributed by atoms with Crippen molar-refractivity contribution in [2.24, 2.45) is 0 Å². The first-order valence-electron chi connectivity index (χ1n) is 10.7. The fourth-order valence-corrected chi connectivity index (χ4v) is 4.82. The molecule has 3 heterocycles. The van der Waals surface area contributed by atoms with Crippen molar-refractivity contribution in [1.29, 1.82) is 0 Å². The van der Waals surface area contributed by atoms with Crippen molar-refractivity contribution in [2.45, 2.75) is 77.3 Å². The second-order valence-corrected chi connectivity index (χ2v) is 9.77. The quantitative estimate of drug-likeness (QED) is 0.807. The van der Waals surface area contributed by atoms with Crippen LogP contribution in [0.3, 0.4) is 0 Å². The maximum Gasteiger partial charge on any atom is 0.254 e. The lowest BCUT2D eigenvalue weighted by molar-refractivity contribution is 0.149. The molecule has 1 N–H and O–H groups in total. The smallest absolute Gasteiger partial charge is 0.254 e. The van der Waals surface area contributed by atoms with Gasteiger partial charge in [-0.3, -0.25) is 14.4 Å². The maximum atomic E-state index is 12.7. The Morgan fingerprint density at radius 1 is 1.28 bits per heavy atom. The number of hydrogen-bond acceptors (Lipinski definition) is 4. The van der Waals surface area contributed by atoms with Crippen molar-refractivity contribution in [2.75, 3.05) is 13.1 Å². The van der Waals surface area contributed by atoms with Gasteiger partial charge in [0.25, 0.3) is 5.56 Å². The molecule has 1 spiro atoms. The topological polar surface area (TPSA) is 66.8 Å². The normalized spacial score (nSPS) is 18.9. The molecule has 2 aliphatic rings. The van der Waals surface area contributed by atoms with E-state index in [0.717, 1.165) is 68.9 Å². The molecule has 6 nitrogen and oxygen atoms in total. The Bertz CT molecular complexity index is 970. The van der Waals surface area contributed by atoms with Crippen LogP contribution in [0.4, 0.5) is 0 Å². The van der Waals surface area contributed by atoms with Crippen molar-refractivity contribution in [3.8, 4) is 0 Å². The molecule has 1 aliphatic heterocycles. The SMILES string of the molecule is C=CCn1ncc(CN2CCC3(CCc4c3nc(C(C)(C)C)[nH]c4=O)CC2)c1C. The zero-order valence-corrected chi connectivity index (χ0v) is 18.2. The number of nitrogens with one attached hydrogen (secondary N) is 1. The van der Waals surface area contributed by atoms with Gasteiger partial charge in [0, 0.05) is 34.2 Å². The molecule has 0 radical (unpaired) electrons. The molecule has 1 aliphatic carbocycles. The number of aromatic nitrogens is 4. The summed E-state index contributed by atoms with van der Waals surface area (Å²) in [5.74, 6) is 0.815. The number of hydrogen-bond donors (Lipinski definition) is 1. The molecule has 1 saturated heterocycles. The van der Waals surface area contributed by atoms with Crippen LogP contribution in [0.1, 0.15) is 68.4 Å². The molecule has 0 saturated carbocycles. The standard InChI is InChI=1S/C23H33N5O/c1-6-11-28-16(2)17(14-24-28)15-27-12-9-23(10-13-27)8-7-18-19(23)25-21(22(3,4)5)26-20(18)29/h6,14H,1,7-13,15H2,2-5H3,(H,25,26,29). The Kier molecular flexibility index (Phi) is 5.01. The minimum absolute atomic E-state index is 0.0716. The summed E-state index contributed by atoms with van der Waals surface area (Å²) in [7, 11) is 0. The monoisotopic (exact) mass is 395 g/mol. The molecule has 0 atom stereocenters. The Hall–Kier alpha value is -2.21. The van der Waals surface area contributed by atoms with Crippen molar-refractivity contribution in [3.05, 3.63) is 57.5 Å². The van der Waals surface area contributed by atoms with E-state index in [9.17, 15) is 4.79 Å². The highest BCUT2D eigenvalue weighted by Gasteiger charge is 2.44.